The van der Waals surface area contributed by atoms with Crippen molar-refractivity contribution in [1.29, 1.82) is 0 Å². The van der Waals surface area contributed by atoms with E-state index in [2.05, 4.69) is 11.6 Å². The fraction of sp³-hybridized carbons (Fsp3) is 0.100. The van der Waals surface area contributed by atoms with Crippen molar-refractivity contribution in [3.05, 3.63) is 35.3 Å². The lowest BCUT2D eigenvalue weighted by Crippen LogP contribution is -1.91. The third-order valence-electron chi connectivity index (χ3n) is 1.70. The van der Waals surface area contributed by atoms with Crippen molar-refractivity contribution in [3.63, 3.8) is 0 Å². The number of rotatable bonds is 3. The van der Waals surface area contributed by atoms with E-state index in [4.69, 9.17) is 16.3 Å². The molecule has 0 aliphatic rings. The Morgan fingerprint density at radius 2 is 2.43 bits per heavy atom. The number of hydrogen-bond donors (Lipinski definition) is 0. The number of benzene rings is 1. The molecule has 0 atom stereocenters. The second-order valence-corrected chi connectivity index (χ2v) is 4.31. The Labute approximate surface area is 90.8 Å². The molecular formula is C10H8ClNOS. The first-order valence-corrected chi connectivity index (χ1v) is 5.29. The number of nitrogens with zero attached hydrogens (tertiary/aromatic N) is 1. The lowest BCUT2D eigenvalue weighted by molar-refractivity contribution is 0.364. The molecule has 0 aliphatic carbocycles. The van der Waals surface area contributed by atoms with Crippen LogP contribution in [0, 0.1) is 0 Å². The Bertz CT molecular complexity index is 466. The average Bonchev–Trinajstić information content (AvgIpc) is 2.54. The first kappa shape index (κ1) is 9.49. The van der Waals surface area contributed by atoms with Crippen LogP contribution in [-0.2, 0) is 0 Å². The van der Waals surface area contributed by atoms with E-state index in [1.165, 1.54) is 11.3 Å². The number of aromatic nitrogens is 1. The van der Waals surface area contributed by atoms with Crippen molar-refractivity contribution in [2.24, 2.45) is 0 Å². The number of halogens is 1. The summed E-state index contributed by atoms with van der Waals surface area (Å²) in [5.41, 5.74) is 0.908. The molecule has 1 heterocycles. The van der Waals surface area contributed by atoms with Gasteiger partial charge < -0.3 is 4.74 Å². The standard InChI is InChI=1S/C10H8ClNOS/c1-2-5-13-7-3-4-8-9(6-7)14-10(11)12-8/h2-4,6H,1,5H2. The molecule has 2 aromatic rings. The van der Waals surface area contributed by atoms with Crippen LogP contribution < -0.4 is 4.74 Å². The van der Waals surface area contributed by atoms with Gasteiger partial charge in [-0.25, -0.2) is 4.98 Å². The van der Waals surface area contributed by atoms with Gasteiger partial charge >= 0.3 is 0 Å². The van der Waals surface area contributed by atoms with Crippen molar-refractivity contribution in [1.82, 2.24) is 4.98 Å². The molecular weight excluding hydrogens is 218 g/mol. The molecule has 1 aromatic heterocycles. The summed E-state index contributed by atoms with van der Waals surface area (Å²) in [6.45, 7) is 4.10. The van der Waals surface area contributed by atoms with E-state index in [0.717, 1.165) is 16.0 Å². The zero-order chi connectivity index (χ0) is 9.97. The van der Waals surface area contributed by atoms with Gasteiger partial charge in [0.1, 0.15) is 12.4 Å². The lowest BCUT2D eigenvalue weighted by Gasteiger charge is -2.01. The van der Waals surface area contributed by atoms with Crippen LogP contribution in [0.2, 0.25) is 4.47 Å². The van der Waals surface area contributed by atoms with Crippen LogP contribution in [0.15, 0.2) is 30.9 Å². The fourth-order valence-corrected chi connectivity index (χ4v) is 2.18. The van der Waals surface area contributed by atoms with Gasteiger partial charge in [0.15, 0.2) is 4.47 Å². The second kappa shape index (κ2) is 3.98. The van der Waals surface area contributed by atoms with E-state index in [1.54, 1.807) is 6.08 Å². The first-order chi connectivity index (χ1) is 6.79. The second-order valence-electron chi connectivity index (χ2n) is 2.70. The molecule has 0 spiro atoms. The summed E-state index contributed by atoms with van der Waals surface area (Å²) in [6.07, 6.45) is 1.71. The van der Waals surface area contributed by atoms with Crippen LogP contribution in [0.3, 0.4) is 0 Å². The summed E-state index contributed by atoms with van der Waals surface area (Å²) in [6, 6.07) is 5.71. The van der Waals surface area contributed by atoms with Crippen molar-refractivity contribution in [2.45, 2.75) is 0 Å². The molecule has 0 saturated carbocycles. The Morgan fingerprint density at radius 3 is 3.21 bits per heavy atom. The number of hydrogen-bond acceptors (Lipinski definition) is 3. The quantitative estimate of drug-likeness (QED) is 0.746. The van der Waals surface area contributed by atoms with Gasteiger partial charge in [-0.05, 0) is 18.2 Å². The van der Waals surface area contributed by atoms with Gasteiger partial charge in [-0.3, -0.25) is 0 Å². The maximum atomic E-state index is 5.79. The Kier molecular flexibility index (Phi) is 2.70. The van der Waals surface area contributed by atoms with Crippen molar-refractivity contribution in [3.8, 4) is 5.75 Å². The van der Waals surface area contributed by atoms with Gasteiger partial charge in [0, 0.05) is 0 Å². The van der Waals surface area contributed by atoms with E-state index < -0.39 is 0 Å². The molecule has 0 aliphatic heterocycles. The van der Waals surface area contributed by atoms with Crippen molar-refractivity contribution in [2.75, 3.05) is 6.61 Å². The zero-order valence-electron chi connectivity index (χ0n) is 7.37. The zero-order valence-corrected chi connectivity index (χ0v) is 8.94. The van der Waals surface area contributed by atoms with Crippen LogP contribution in [0.25, 0.3) is 10.2 Å². The molecule has 0 fully saturated rings. The van der Waals surface area contributed by atoms with Gasteiger partial charge in [0.05, 0.1) is 10.2 Å². The van der Waals surface area contributed by atoms with Gasteiger partial charge in [0.2, 0.25) is 0 Å². The minimum atomic E-state index is 0.512. The average molecular weight is 226 g/mol. The third-order valence-corrected chi connectivity index (χ3v) is 2.82. The maximum Gasteiger partial charge on any atom is 0.184 e. The van der Waals surface area contributed by atoms with E-state index in [0.29, 0.717) is 11.1 Å². The largest absolute Gasteiger partial charge is 0.490 e. The van der Waals surface area contributed by atoms with E-state index in [1.807, 2.05) is 18.2 Å². The van der Waals surface area contributed by atoms with Crippen LogP contribution in [0.4, 0.5) is 0 Å². The van der Waals surface area contributed by atoms with Gasteiger partial charge in [-0.2, -0.15) is 0 Å². The number of ether oxygens (including phenoxy) is 1. The van der Waals surface area contributed by atoms with Gasteiger partial charge in [-0.15, -0.1) is 11.3 Å². The fourth-order valence-electron chi connectivity index (χ4n) is 1.12. The molecule has 4 heteroatoms. The topological polar surface area (TPSA) is 22.1 Å². The molecule has 2 rings (SSSR count). The summed E-state index contributed by atoms with van der Waals surface area (Å²) in [4.78, 5) is 4.14. The van der Waals surface area contributed by atoms with E-state index in [-0.39, 0.29) is 0 Å². The Balaban J connectivity index is 2.35. The first-order valence-electron chi connectivity index (χ1n) is 4.09. The van der Waals surface area contributed by atoms with Crippen molar-refractivity contribution >= 4 is 33.2 Å². The highest BCUT2D eigenvalue weighted by atomic mass is 35.5. The minimum Gasteiger partial charge on any atom is -0.490 e. The Morgan fingerprint density at radius 1 is 1.57 bits per heavy atom. The molecule has 14 heavy (non-hydrogen) atoms. The number of thiazole rings is 1. The number of fused-ring (bicyclic) bond motifs is 1. The van der Waals surface area contributed by atoms with Gasteiger partial charge in [0.25, 0.3) is 0 Å². The molecule has 2 nitrogen and oxygen atoms in total. The monoisotopic (exact) mass is 225 g/mol. The van der Waals surface area contributed by atoms with Gasteiger partial charge in [-0.1, -0.05) is 24.3 Å². The van der Waals surface area contributed by atoms with E-state index in [9.17, 15) is 0 Å². The molecule has 0 unspecified atom stereocenters. The van der Waals surface area contributed by atoms with E-state index >= 15 is 0 Å². The molecule has 72 valence electrons. The van der Waals surface area contributed by atoms with Crippen molar-refractivity contribution < 1.29 is 4.74 Å². The summed E-state index contributed by atoms with van der Waals surface area (Å²) >= 11 is 7.24. The normalized spacial score (nSPS) is 10.4. The highest BCUT2D eigenvalue weighted by Gasteiger charge is 2.02. The predicted octanol–water partition coefficient (Wildman–Crippen LogP) is 3.51. The Hall–Kier alpha value is -1.06. The maximum absolute atomic E-state index is 5.79. The molecule has 0 radical (unpaired) electrons. The highest BCUT2D eigenvalue weighted by Crippen LogP contribution is 2.28. The summed E-state index contributed by atoms with van der Waals surface area (Å²) < 4.78 is 6.99. The molecule has 1 aromatic carbocycles. The van der Waals surface area contributed by atoms with Crippen LogP contribution in [0.5, 0.6) is 5.75 Å². The molecule has 0 saturated heterocycles. The molecule has 0 bridgehead atoms. The summed E-state index contributed by atoms with van der Waals surface area (Å²) in [5, 5.41) is 0. The molecule has 0 N–H and O–H groups in total. The smallest absolute Gasteiger partial charge is 0.184 e. The predicted molar refractivity (Wildman–Crippen MR) is 60.3 cm³/mol. The minimum absolute atomic E-state index is 0.512. The van der Waals surface area contributed by atoms with Crippen LogP contribution in [0.1, 0.15) is 0 Å². The summed E-state index contributed by atoms with van der Waals surface area (Å²) in [7, 11) is 0. The summed E-state index contributed by atoms with van der Waals surface area (Å²) in [5.74, 6) is 0.817. The molecule has 0 amide bonds. The SMILES string of the molecule is C=CCOc1ccc2nc(Cl)sc2c1. The lowest BCUT2D eigenvalue weighted by atomic mass is 10.3. The van der Waals surface area contributed by atoms with Crippen LogP contribution in [-0.4, -0.2) is 11.6 Å². The highest BCUT2D eigenvalue weighted by molar-refractivity contribution is 7.22. The third kappa shape index (κ3) is 1.89. The van der Waals surface area contributed by atoms with Crippen LogP contribution >= 0.6 is 22.9 Å².